The molecule has 2 bridgehead atoms. The Hall–Kier alpha value is -0.330. The molecule has 0 aromatic rings. The van der Waals surface area contributed by atoms with Crippen LogP contribution in [0.3, 0.4) is 0 Å². The van der Waals surface area contributed by atoms with Crippen molar-refractivity contribution < 1.29 is 13.2 Å². The number of halogens is 1. The predicted molar refractivity (Wildman–Crippen MR) is 86.5 cm³/mol. The van der Waals surface area contributed by atoms with E-state index in [2.05, 4.69) is 5.32 Å². The normalized spacial score (nSPS) is 29.6. The molecule has 124 valence electrons. The van der Waals surface area contributed by atoms with E-state index in [1.807, 2.05) is 0 Å². The summed E-state index contributed by atoms with van der Waals surface area (Å²) in [5.74, 6) is 0.564. The molecular weight excluding hydrogens is 312 g/mol. The number of nitrogens with one attached hydrogen (secondary N) is 1. The first-order chi connectivity index (χ1) is 9.24. The maximum Gasteiger partial charge on any atom is 0.222 e. The van der Waals surface area contributed by atoms with Crippen molar-refractivity contribution in [2.24, 2.45) is 5.92 Å². The third-order valence-corrected chi connectivity index (χ3v) is 5.72. The molecule has 2 rings (SSSR count). The Bertz CT molecular complexity index is 457. The molecule has 1 N–H and O–H groups in total. The van der Waals surface area contributed by atoms with Crippen molar-refractivity contribution in [2.75, 3.05) is 19.1 Å². The van der Waals surface area contributed by atoms with E-state index in [-0.39, 0.29) is 30.1 Å². The molecule has 2 saturated heterocycles. The Kier molecular flexibility index (Phi) is 6.50. The molecule has 3 unspecified atom stereocenters. The number of sulfone groups is 1. The lowest BCUT2D eigenvalue weighted by atomic mass is 9.89. The van der Waals surface area contributed by atoms with Crippen LogP contribution in [0, 0.1) is 5.92 Å². The van der Waals surface area contributed by atoms with E-state index < -0.39 is 9.84 Å². The number of piperidine rings is 1. The van der Waals surface area contributed by atoms with Crippen LogP contribution in [0.15, 0.2) is 0 Å². The Morgan fingerprint density at radius 1 is 1.29 bits per heavy atom. The summed E-state index contributed by atoms with van der Waals surface area (Å²) in [6.07, 6.45) is 6.39. The summed E-state index contributed by atoms with van der Waals surface area (Å²) in [5, 5.41) is 3.57. The van der Waals surface area contributed by atoms with E-state index in [0.29, 0.717) is 24.4 Å². The third-order valence-electron chi connectivity index (χ3n) is 4.63. The fraction of sp³-hybridized carbons (Fsp3) is 0.929. The second kappa shape index (κ2) is 7.29. The van der Waals surface area contributed by atoms with Crippen molar-refractivity contribution in [3.8, 4) is 0 Å². The minimum Gasteiger partial charge on any atom is -0.342 e. The van der Waals surface area contributed by atoms with Gasteiger partial charge in [0, 0.05) is 37.8 Å². The number of rotatable bonds is 5. The van der Waals surface area contributed by atoms with Crippen LogP contribution in [0.1, 0.15) is 39.0 Å². The molecule has 2 fully saturated rings. The smallest absolute Gasteiger partial charge is 0.222 e. The highest BCUT2D eigenvalue weighted by Crippen LogP contribution is 2.33. The summed E-state index contributed by atoms with van der Waals surface area (Å²) in [5.41, 5.74) is 0. The molecule has 0 aromatic carbocycles. The fourth-order valence-electron chi connectivity index (χ4n) is 3.53. The summed E-state index contributed by atoms with van der Waals surface area (Å²) < 4.78 is 22.6. The number of nitrogens with zero attached hydrogens (tertiary/aromatic N) is 1. The van der Waals surface area contributed by atoms with E-state index in [1.165, 1.54) is 19.1 Å². The first-order valence-corrected chi connectivity index (χ1v) is 9.50. The minimum absolute atomic E-state index is 0. The molecule has 0 aromatic heterocycles. The third kappa shape index (κ3) is 5.42. The molecule has 21 heavy (non-hydrogen) atoms. The fourth-order valence-corrected chi connectivity index (χ4v) is 4.63. The molecule has 0 spiro atoms. The molecule has 2 aliphatic rings. The number of hydrogen-bond acceptors (Lipinski definition) is 4. The van der Waals surface area contributed by atoms with Crippen LogP contribution in [0.25, 0.3) is 0 Å². The van der Waals surface area contributed by atoms with Gasteiger partial charge < -0.3 is 10.2 Å². The van der Waals surface area contributed by atoms with Gasteiger partial charge in [-0.15, -0.1) is 12.4 Å². The van der Waals surface area contributed by atoms with Crippen LogP contribution >= 0.6 is 12.4 Å². The highest BCUT2D eigenvalue weighted by Gasteiger charge is 2.35. The molecule has 1 amide bonds. The lowest BCUT2D eigenvalue weighted by molar-refractivity contribution is -0.132. The SMILES string of the molecule is CC(CS(C)(=O)=O)N(C)C(=O)CC1CC2CCC(C1)N2.Cl. The Morgan fingerprint density at radius 2 is 1.81 bits per heavy atom. The summed E-state index contributed by atoms with van der Waals surface area (Å²) in [7, 11) is -1.33. The molecule has 5 nitrogen and oxygen atoms in total. The molecular formula is C14H27ClN2O3S. The number of carbonyl (C=O) groups is 1. The van der Waals surface area contributed by atoms with Crippen LogP contribution in [-0.4, -0.2) is 56.4 Å². The van der Waals surface area contributed by atoms with Crippen LogP contribution in [0.5, 0.6) is 0 Å². The average Bonchev–Trinajstić information content (AvgIpc) is 2.65. The van der Waals surface area contributed by atoms with Gasteiger partial charge in [-0.3, -0.25) is 4.79 Å². The monoisotopic (exact) mass is 338 g/mol. The maximum atomic E-state index is 12.3. The summed E-state index contributed by atoms with van der Waals surface area (Å²) >= 11 is 0. The highest BCUT2D eigenvalue weighted by atomic mass is 35.5. The molecule has 0 saturated carbocycles. The van der Waals surface area contributed by atoms with Crippen molar-refractivity contribution in [2.45, 2.75) is 57.2 Å². The van der Waals surface area contributed by atoms with Gasteiger partial charge in [-0.1, -0.05) is 0 Å². The number of hydrogen-bond donors (Lipinski definition) is 1. The van der Waals surface area contributed by atoms with Crippen LogP contribution < -0.4 is 5.32 Å². The van der Waals surface area contributed by atoms with Crippen molar-refractivity contribution in [3.05, 3.63) is 0 Å². The summed E-state index contributed by atoms with van der Waals surface area (Å²) in [4.78, 5) is 13.9. The van der Waals surface area contributed by atoms with E-state index >= 15 is 0 Å². The second-order valence-corrected chi connectivity index (χ2v) is 8.81. The Morgan fingerprint density at radius 3 is 2.29 bits per heavy atom. The Balaban J connectivity index is 0.00000220. The lowest BCUT2D eigenvalue weighted by Crippen LogP contribution is -2.43. The summed E-state index contributed by atoms with van der Waals surface area (Å²) in [6, 6.07) is 0.923. The first kappa shape index (κ1) is 18.7. The van der Waals surface area contributed by atoms with E-state index in [1.54, 1.807) is 18.9 Å². The van der Waals surface area contributed by atoms with Gasteiger partial charge in [0.25, 0.3) is 0 Å². The topological polar surface area (TPSA) is 66.5 Å². The largest absolute Gasteiger partial charge is 0.342 e. The van der Waals surface area contributed by atoms with E-state index in [0.717, 1.165) is 12.8 Å². The van der Waals surface area contributed by atoms with Crippen LogP contribution in [0.2, 0.25) is 0 Å². The number of amides is 1. The van der Waals surface area contributed by atoms with E-state index in [9.17, 15) is 13.2 Å². The number of fused-ring (bicyclic) bond motifs is 2. The van der Waals surface area contributed by atoms with Gasteiger partial charge in [-0.25, -0.2) is 8.42 Å². The van der Waals surface area contributed by atoms with Gasteiger partial charge in [0.05, 0.1) is 5.75 Å². The van der Waals surface area contributed by atoms with Crippen molar-refractivity contribution in [1.29, 1.82) is 0 Å². The lowest BCUT2D eigenvalue weighted by Gasteiger charge is -2.31. The van der Waals surface area contributed by atoms with Crippen molar-refractivity contribution in [3.63, 3.8) is 0 Å². The van der Waals surface area contributed by atoms with Gasteiger partial charge in [-0.2, -0.15) is 0 Å². The highest BCUT2D eigenvalue weighted by molar-refractivity contribution is 7.90. The van der Waals surface area contributed by atoms with Gasteiger partial charge in [0.15, 0.2) is 0 Å². The second-order valence-electron chi connectivity index (χ2n) is 6.63. The molecule has 0 radical (unpaired) electrons. The van der Waals surface area contributed by atoms with Crippen LogP contribution in [0.4, 0.5) is 0 Å². The first-order valence-electron chi connectivity index (χ1n) is 7.44. The maximum absolute atomic E-state index is 12.3. The Labute approximate surface area is 134 Å². The molecule has 7 heteroatoms. The zero-order valence-corrected chi connectivity index (χ0v) is 14.7. The zero-order chi connectivity index (χ0) is 14.9. The van der Waals surface area contributed by atoms with Gasteiger partial charge in [-0.05, 0) is 38.5 Å². The summed E-state index contributed by atoms with van der Waals surface area (Å²) in [6.45, 7) is 1.80. The molecule has 2 heterocycles. The van der Waals surface area contributed by atoms with E-state index in [4.69, 9.17) is 0 Å². The zero-order valence-electron chi connectivity index (χ0n) is 13.0. The predicted octanol–water partition coefficient (Wildman–Crippen LogP) is 1.22. The number of carbonyl (C=O) groups excluding carboxylic acids is 1. The van der Waals surface area contributed by atoms with Crippen molar-refractivity contribution >= 4 is 28.2 Å². The molecule has 2 aliphatic heterocycles. The van der Waals surface area contributed by atoms with Gasteiger partial charge in [0.2, 0.25) is 5.91 Å². The molecule has 0 aliphatic carbocycles. The van der Waals surface area contributed by atoms with Gasteiger partial charge in [0.1, 0.15) is 9.84 Å². The standard InChI is InChI=1S/C14H26N2O3S.ClH/c1-10(9-20(3,18)19)16(2)14(17)8-11-6-12-4-5-13(7-11)15-12;/h10-13,15H,4-9H2,1-3H3;1H. The van der Waals surface area contributed by atoms with Gasteiger partial charge >= 0.3 is 0 Å². The average molecular weight is 339 g/mol. The minimum atomic E-state index is -3.05. The van der Waals surface area contributed by atoms with Crippen LogP contribution in [-0.2, 0) is 14.6 Å². The molecule has 3 atom stereocenters. The van der Waals surface area contributed by atoms with Crippen molar-refractivity contribution in [1.82, 2.24) is 10.2 Å². The quantitative estimate of drug-likeness (QED) is 0.818.